The smallest absolute Gasteiger partial charge is 0.338 e. The summed E-state index contributed by atoms with van der Waals surface area (Å²) >= 11 is 0. The number of rotatable bonds is 5. The molecule has 7 heteroatoms. The Hall–Kier alpha value is -2.70. The zero-order valence-electron chi connectivity index (χ0n) is 14.6. The van der Waals surface area contributed by atoms with E-state index in [2.05, 4.69) is 32.3 Å². The Labute approximate surface area is 147 Å². The lowest BCUT2D eigenvalue weighted by atomic mass is 10.00. The summed E-state index contributed by atoms with van der Waals surface area (Å²) in [6.07, 6.45) is 3.89. The summed E-state index contributed by atoms with van der Waals surface area (Å²) in [4.78, 5) is 18.4. The first kappa shape index (κ1) is 17.1. The number of carbonyl (C=O) groups excluding carboxylic acids is 1. The van der Waals surface area contributed by atoms with Crippen molar-refractivity contribution in [3.63, 3.8) is 0 Å². The number of nitrogens with one attached hydrogen (secondary N) is 1. The topological polar surface area (TPSA) is 80.2 Å². The van der Waals surface area contributed by atoms with Crippen LogP contribution < -0.4 is 10.2 Å². The summed E-state index contributed by atoms with van der Waals surface area (Å²) in [6.45, 7) is 6.34. The van der Waals surface area contributed by atoms with Crippen molar-refractivity contribution in [3.8, 4) is 0 Å². The van der Waals surface area contributed by atoms with Crippen molar-refractivity contribution in [1.82, 2.24) is 15.2 Å². The molecular weight excluding hydrogens is 318 g/mol. The minimum Gasteiger partial charge on any atom is -0.462 e. The van der Waals surface area contributed by atoms with Gasteiger partial charge in [0.05, 0.1) is 18.4 Å². The van der Waals surface area contributed by atoms with Gasteiger partial charge in [-0.05, 0) is 49.9 Å². The molecule has 0 saturated carbocycles. The zero-order chi connectivity index (χ0) is 17.6. The number of ether oxygens (including phenoxy) is 1. The molecule has 1 saturated heterocycles. The molecule has 0 spiro atoms. The van der Waals surface area contributed by atoms with Gasteiger partial charge in [-0.3, -0.25) is 0 Å². The molecule has 25 heavy (non-hydrogen) atoms. The van der Waals surface area contributed by atoms with Crippen LogP contribution in [0.3, 0.4) is 0 Å². The molecule has 2 heterocycles. The Balaban J connectivity index is 1.67. The van der Waals surface area contributed by atoms with Crippen LogP contribution in [0.5, 0.6) is 0 Å². The summed E-state index contributed by atoms with van der Waals surface area (Å²) in [5, 5.41) is 11.4. The first-order valence-corrected chi connectivity index (χ1v) is 8.64. The van der Waals surface area contributed by atoms with E-state index >= 15 is 0 Å². The molecule has 1 fully saturated rings. The molecule has 0 aliphatic carbocycles. The van der Waals surface area contributed by atoms with Gasteiger partial charge in [0, 0.05) is 18.8 Å². The minimum atomic E-state index is -0.320. The molecule has 2 aromatic rings. The van der Waals surface area contributed by atoms with Crippen LogP contribution in [-0.4, -0.2) is 40.8 Å². The fourth-order valence-electron chi connectivity index (χ4n) is 2.75. The number of esters is 1. The summed E-state index contributed by atoms with van der Waals surface area (Å²) in [5.41, 5.74) is 1.35. The van der Waals surface area contributed by atoms with Crippen molar-refractivity contribution in [2.45, 2.75) is 26.7 Å². The molecule has 0 bridgehead atoms. The highest BCUT2D eigenvalue weighted by Gasteiger charge is 2.18. The van der Waals surface area contributed by atoms with Crippen molar-refractivity contribution in [3.05, 3.63) is 36.0 Å². The second-order valence-corrected chi connectivity index (χ2v) is 6.23. The van der Waals surface area contributed by atoms with Gasteiger partial charge in [-0.15, -0.1) is 5.10 Å². The monoisotopic (exact) mass is 341 g/mol. The van der Waals surface area contributed by atoms with E-state index < -0.39 is 0 Å². The van der Waals surface area contributed by atoms with Crippen LogP contribution in [0.1, 0.15) is 37.0 Å². The SMILES string of the molecule is CCOC(=O)c1ccc(Nc2cnnc(N3CCC(C)CC3)n2)cc1. The van der Waals surface area contributed by atoms with Crippen LogP contribution in [0, 0.1) is 5.92 Å². The highest BCUT2D eigenvalue weighted by atomic mass is 16.5. The molecule has 0 radical (unpaired) electrons. The molecule has 0 amide bonds. The van der Waals surface area contributed by atoms with Crippen LogP contribution >= 0.6 is 0 Å². The number of aromatic nitrogens is 3. The Morgan fingerprint density at radius 2 is 2.00 bits per heavy atom. The quantitative estimate of drug-likeness (QED) is 0.837. The third-order valence-corrected chi connectivity index (χ3v) is 4.28. The molecule has 1 aromatic heterocycles. The number of piperidine rings is 1. The van der Waals surface area contributed by atoms with Gasteiger partial charge in [-0.2, -0.15) is 10.1 Å². The zero-order valence-corrected chi connectivity index (χ0v) is 14.6. The average molecular weight is 341 g/mol. The fraction of sp³-hybridized carbons (Fsp3) is 0.444. The molecule has 1 aliphatic rings. The summed E-state index contributed by atoms with van der Waals surface area (Å²) in [6, 6.07) is 7.08. The van der Waals surface area contributed by atoms with Gasteiger partial charge in [-0.25, -0.2) is 4.79 Å². The van der Waals surface area contributed by atoms with Crippen molar-refractivity contribution in [1.29, 1.82) is 0 Å². The van der Waals surface area contributed by atoms with Gasteiger partial charge < -0.3 is 15.0 Å². The molecule has 1 aliphatic heterocycles. The van der Waals surface area contributed by atoms with E-state index in [9.17, 15) is 4.79 Å². The van der Waals surface area contributed by atoms with Crippen LogP contribution in [0.15, 0.2) is 30.5 Å². The van der Waals surface area contributed by atoms with Crippen molar-refractivity contribution < 1.29 is 9.53 Å². The number of benzene rings is 1. The van der Waals surface area contributed by atoms with Crippen molar-refractivity contribution >= 4 is 23.4 Å². The molecule has 1 N–H and O–H groups in total. The number of nitrogens with zero attached hydrogens (tertiary/aromatic N) is 4. The summed E-state index contributed by atoms with van der Waals surface area (Å²) in [7, 11) is 0. The second kappa shape index (κ2) is 7.92. The lowest BCUT2D eigenvalue weighted by Crippen LogP contribution is -2.34. The Kier molecular flexibility index (Phi) is 5.42. The Bertz CT molecular complexity index is 712. The van der Waals surface area contributed by atoms with Gasteiger partial charge in [0.2, 0.25) is 5.95 Å². The van der Waals surface area contributed by atoms with Crippen LogP contribution in [-0.2, 0) is 4.74 Å². The first-order chi connectivity index (χ1) is 12.2. The van der Waals surface area contributed by atoms with E-state index in [-0.39, 0.29) is 5.97 Å². The number of anilines is 3. The number of carbonyl (C=O) groups is 1. The lowest BCUT2D eigenvalue weighted by Gasteiger charge is -2.29. The molecule has 132 valence electrons. The van der Waals surface area contributed by atoms with Gasteiger partial charge in [0.25, 0.3) is 0 Å². The van der Waals surface area contributed by atoms with E-state index in [4.69, 9.17) is 4.74 Å². The van der Waals surface area contributed by atoms with Gasteiger partial charge in [0.1, 0.15) is 0 Å². The third-order valence-electron chi connectivity index (χ3n) is 4.28. The van der Waals surface area contributed by atoms with Gasteiger partial charge >= 0.3 is 5.97 Å². The van der Waals surface area contributed by atoms with Crippen LogP contribution in [0.2, 0.25) is 0 Å². The van der Waals surface area contributed by atoms with E-state index in [0.29, 0.717) is 23.9 Å². The van der Waals surface area contributed by atoms with Crippen molar-refractivity contribution in [2.24, 2.45) is 5.92 Å². The maximum absolute atomic E-state index is 11.7. The second-order valence-electron chi connectivity index (χ2n) is 6.23. The molecule has 0 unspecified atom stereocenters. The molecule has 7 nitrogen and oxygen atoms in total. The van der Waals surface area contributed by atoms with E-state index in [1.54, 1.807) is 25.3 Å². The normalized spacial score (nSPS) is 15.0. The molecule has 0 atom stereocenters. The summed E-state index contributed by atoms with van der Waals surface area (Å²) in [5.74, 6) is 1.72. The predicted octanol–water partition coefficient (Wildman–Crippen LogP) is 3.03. The Morgan fingerprint density at radius 1 is 1.28 bits per heavy atom. The van der Waals surface area contributed by atoms with Gasteiger partial charge in [0.15, 0.2) is 5.82 Å². The molecule has 1 aromatic carbocycles. The minimum absolute atomic E-state index is 0.320. The van der Waals surface area contributed by atoms with Gasteiger partial charge in [-0.1, -0.05) is 6.92 Å². The van der Waals surface area contributed by atoms with Crippen LogP contribution in [0.25, 0.3) is 0 Å². The third kappa shape index (κ3) is 4.43. The average Bonchev–Trinajstić information content (AvgIpc) is 2.63. The number of hydrogen-bond donors (Lipinski definition) is 1. The van der Waals surface area contributed by atoms with E-state index in [0.717, 1.165) is 37.5 Å². The first-order valence-electron chi connectivity index (χ1n) is 8.64. The Morgan fingerprint density at radius 3 is 2.68 bits per heavy atom. The molecular formula is C18H23N5O2. The number of hydrogen-bond acceptors (Lipinski definition) is 7. The standard InChI is InChI=1S/C18H23N5O2/c1-3-25-17(24)14-4-6-15(7-5-14)20-16-12-19-22-18(21-16)23-10-8-13(2)9-11-23/h4-7,12-13H,3,8-11H2,1-2H3,(H,20,21,22). The van der Waals surface area contributed by atoms with Crippen LogP contribution in [0.4, 0.5) is 17.5 Å². The lowest BCUT2D eigenvalue weighted by molar-refractivity contribution is 0.0526. The summed E-state index contributed by atoms with van der Waals surface area (Å²) < 4.78 is 4.98. The fourth-order valence-corrected chi connectivity index (χ4v) is 2.75. The maximum atomic E-state index is 11.7. The highest BCUT2D eigenvalue weighted by molar-refractivity contribution is 5.89. The largest absolute Gasteiger partial charge is 0.462 e. The van der Waals surface area contributed by atoms with Crippen molar-refractivity contribution in [2.75, 3.05) is 29.9 Å². The van der Waals surface area contributed by atoms with E-state index in [1.807, 2.05) is 12.1 Å². The molecule has 3 rings (SSSR count). The maximum Gasteiger partial charge on any atom is 0.338 e. The highest BCUT2D eigenvalue weighted by Crippen LogP contribution is 2.21. The van der Waals surface area contributed by atoms with E-state index in [1.165, 1.54) is 0 Å². The predicted molar refractivity (Wildman–Crippen MR) is 96.1 cm³/mol.